The lowest BCUT2D eigenvalue weighted by atomic mass is 10.1. The minimum absolute atomic E-state index is 0.197. The Balaban J connectivity index is 1.78. The Morgan fingerprint density at radius 2 is 2.11 bits per heavy atom. The van der Waals surface area contributed by atoms with Gasteiger partial charge in [-0.15, -0.1) is 0 Å². The first kappa shape index (κ1) is 11.5. The number of rotatable bonds is 3. The Kier molecular flexibility index (Phi) is 2.75. The quantitative estimate of drug-likeness (QED) is 0.701. The van der Waals surface area contributed by atoms with Crippen molar-refractivity contribution < 1.29 is 9.53 Å². The van der Waals surface area contributed by atoms with Crippen LogP contribution in [0.2, 0.25) is 0 Å². The molecular weight excluding hydrogens is 244 g/mol. The second-order valence-corrected chi connectivity index (χ2v) is 4.24. The molecule has 0 saturated heterocycles. The molecule has 0 amide bonds. The van der Waals surface area contributed by atoms with Gasteiger partial charge >= 0.3 is 5.97 Å². The fraction of sp³-hybridized carbons (Fsp3) is 0.154. The summed E-state index contributed by atoms with van der Waals surface area (Å²) in [5.41, 5.74) is 2.94. The van der Waals surface area contributed by atoms with Crippen LogP contribution < -0.4 is 0 Å². The summed E-state index contributed by atoms with van der Waals surface area (Å²) in [7, 11) is 0. The molecule has 0 aliphatic rings. The summed E-state index contributed by atoms with van der Waals surface area (Å²) >= 11 is 0. The molecule has 0 aliphatic carbocycles. The zero-order valence-corrected chi connectivity index (χ0v) is 10.3. The topological polar surface area (TPSA) is 83.7 Å². The molecule has 0 unspecified atom stereocenters. The molecule has 0 radical (unpaired) electrons. The third-order valence-electron chi connectivity index (χ3n) is 2.97. The van der Waals surface area contributed by atoms with Gasteiger partial charge in [0, 0.05) is 16.6 Å². The number of esters is 1. The summed E-state index contributed by atoms with van der Waals surface area (Å²) in [5, 5.41) is 14.4. The number of aryl methyl sites for hydroxylation is 1. The van der Waals surface area contributed by atoms with Crippen LogP contribution in [-0.4, -0.2) is 26.4 Å². The van der Waals surface area contributed by atoms with E-state index in [0.29, 0.717) is 11.3 Å². The number of carbonyl (C=O) groups is 1. The van der Waals surface area contributed by atoms with Gasteiger partial charge in [-0.05, 0) is 6.92 Å². The lowest BCUT2D eigenvalue weighted by Gasteiger charge is -2.05. The standard InChI is InChI=1S/C13H12N4O2/c1-8-11(6-15-16-8)13(18)19-7-10-4-2-3-9-5-14-17-12(9)10/h2-6H,7H2,1H3,(H,14,17)(H,15,16). The normalized spacial score (nSPS) is 10.8. The van der Waals surface area contributed by atoms with Gasteiger partial charge in [0.25, 0.3) is 0 Å². The Morgan fingerprint density at radius 3 is 2.89 bits per heavy atom. The van der Waals surface area contributed by atoms with Crippen molar-refractivity contribution in [2.45, 2.75) is 13.5 Å². The zero-order valence-electron chi connectivity index (χ0n) is 10.3. The molecule has 2 aromatic heterocycles. The first-order valence-electron chi connectivity index (χ1n) is 5.84. The summed E-state index contributed by atoms with van der Waals surface area (Å²) in [4.78, 5) is 11.9. The minimum atomic E-state index is -0.386. The first-order chi connectivity index (χ1) is 9.25. The number of hydrogen-bond donors (Lipinski definition) is 2. The molecule has 0 aliphatic heterocycles. The molecule has 0 bridgehead atoms. The highest BCUT2D eigenvalue weighted by Crippen LogP contribution is 2.17. The van der Waals surface area contributed by atoms with Crippen molar-refractivity contribution in [2.24, 2.45) is 0 Å². The number of para-hydroxylation sites is 1. The predicted molar refractivity (Wildman–Crippen MR) is 68.5 cm³/mol. The number of aromatic nitrogens is 4. The number of fused-ring (bicyclic) bond motifs is 1. The van der Waals surface area contributed by atoms with E-state index in [9.17, 15) is 4.79 Å². The van der Waals surface area contributed by atoms with Crippen LogP contribution in [0.25, 0.3) is 10.9 Å². The van der Waals surface area contributed by atoms with Crippen LogP contribution in [0.4, 0.5) is 0 Å². The van der Waals surface area contributed by atoms with Gasteiger partial charge in [0.15, 0.2) is 0 Å². The van der Waals surface area contributed by atoms with Crippen LogP contribution >= 0.6 is 0 Å². The van der Waals surface area contributed by atoms with Crippen LogP contribution in [0.1, 0.15) is 21.6 Å². The van der Waals surface area contributed by atoms with Gasteiger partial charge in [-0.3, -0.25) is 10.2 Å². The van der Waals surface area contributed by atoms with E-state index in [1.54, 1.807) is 13.1 Å². The Morgan fingerprint density at radius 1 is 1.26 bits per heavy atom. The number of carbonyl (C=O) groups excluding carboxylic acids is 1. The van der Waals surface area contributed by atoms with Crippen LogP contribution in [0.5, 0.6) is 0 Å². The average molecular weight is 256 g/mol. The zero-order chi connectivity index (χ0) is 13.2. The lowest BCUT2D eigenvalue weighted by Crippen LogP contribution is -2.06. The van der Waals surface area contributed by atoms with E-state index in [4.69, 9.17) is 4.74 Å². The largest absolute Gasteiger partial charge is 0.457 e. The maximum absolute atomic E-state index is 11.9. The highest BCUT2D eigenvalue weighted by molar-refractivity contribution is 5.90. The number of H-pyrrole nitrogens is 2. The van der Waals surface area contributed by atoms with Crippen molar-refractivity contribution in [1.82, 2.24) is 20.4 Å². The molecule has 0 saturated carbocycles. The molecular formula is C13H12N4O2. The van der Waals surface area contributed by atoms with Crippen molar-refractivity contribution in [1.29, 1.82) is 0 Å². The second-order valence-electron chi connectivity index (χ2n) is 4.24. The van der Waals surface area contributed by atoms with Gasteiger partial charge in [-0.2, -0.15) is 10.2 Å². The average Bonchev–Trinajstić information content (AvgIpc) is 3.04. The van der Waals surface area contributed by atoms with Gasteiger partial charge in [-0.25, -0.2) is 4.79 Å². The van der Waals surface area contributed by atoms with Crippen LogP contribution in [0.15, 0.2) is 30.6 Å². The Labute approximate surface area is 108 Å². The molecule has 0 atom stereocenters. The summed E-state index contributed by atoms with van der Waals surface area (Å²) in [6, 6.07) is 5.75. The molecule has 0 spiro atoms. The fourth-order valence-corrected chi connectivity index (χ4v) is 1.93. The lowest BCUT2D eigenvalue weighted by molar-refractivity contribution is 0.0473. The van der Waals surface area contributed by atoms with Gasteiger partial charge in [-0.1, -0.05) is 18.2 Å². The van der Waals surface area contributed by atoms with E-state index in [-0.39, 0.29) is 12.6 Å². The number of nitrogens with one attached hydrogen (secondary N) is 2. The minimum Gasteiger partial charge on any atom is -0.457 e. The summed E-state index contributed by atoms with van der Waals surface area (Å²) in [6.07, 6.45) is 3.20. The highest BCUT2D eigenvalue weighted by atomic mass is 16.5. The Bertz CT molecular complexity index is 729. The van der Waals surface area contributed by atoms with Gasteiger partial charge < -0.3 is 4.74 Å². The molecule has 6 nitrogen and oxygen atoms in total. The summed E-state index contributed by atoms with van der Waals surface area (Å²) in [5.74, 6) is -0.386. The molecule has 3 aromatic rings. The van der Waals surface area contributed by atoms with Crippen molar-refractivity contribution in [3.8, 4) is 0 Å². The summed E-state index contributed by atoms with van der Waals surface area (Å²) in [6.45, 7) is 1.97. The third-order valence-corrected chi connectivity index (χ3v) is 2.97. The van der Waals surface area contributed by atoms with Crippen molar-refractivity contribution in [3.63, 3.8) is 0 Å². The number of ether oxygens (including phenoxy) is 1. The number of aromatic amines is 2. The van der Waals surface area contributed by atoms with Gasteiger partial charge in [0.1, 0.15) is 12.2 Å². The molecule has 2 heterocycles. The van der Waals surface area contributed by atoms with Crippen LogP contribution in [0, 0.1) is 6.92 Å². The maximum atomic E-state index is 11.9. The first-order valence-corrected chi connectivity index (χ1v) is 5.84. The molecule has 19 heavy (non-hydrogen) atoms. The van der Waals surface area contributed by atoms with Crippen LogP contribution in [-0.2, 0) is 11.3 Å². The number of benzene rings is 1. The number of hydrogen-bond acceptors (Lipinski definition) is 4. The SMILES string of the molecule is Cc1[nH]ncc1C(=O)OCc1cccc2cn[nH]c12. The highest BCUT2D eigenvalue weighted by Gasteiger charge is 2.13. The second kappa shape index (κ2) is 4.56. The molecule has 6 heteroatoms. The van der Waals surface area contributed by atoms with E-state index in [1.807, 2.05) is 18.2 Å². The van der Waals surface area contributed by atoms with Crippen LogP contribution in [0.3, 0.4) is 0 Å². The summed E-state index contributed by atoms with van der Waals surface area (Å²) < 4.78 is 5.28. The fourth-order valence-electron chi connectivity index (χ4n) is 1.93. The molecule has 2 N–H and O–H groups in total. The van der Waals surface area contributed by atoms with Gasteiger partial charge in [0.05, 0.1) is 17.9 Å². The van der Waals surface area contributed by atoms with E-state index in [0.717, 1.165) is 16.5 Å². The van der Waals surface area contributed by atoms with E-state index >= 15 is 0 Å². The number of nitrogens with zero attached hydrogens (tertiary/aromatic N) is 2. The third kappa shape index (κ3) is 2.08. The van der Waals surface area contributed by atoms with Crippen molar-refractivity contribution >= 4 is 16.9 Å². The van der Waals surface area contributed by atoms with E-state index in [2.05, 4.69) is 20.4 Å². The van der Waals surface area contributed by atoms with Crippen molar-refractivity contribution in [2.75, 3.05) is 0 Å². The molecule has 96 valence electrons. The van der Waals surface area contributed by atoms with Crippen molar-refractivity contribution in [3.05, 3.63) is 47.4 Å². The Hall–Kier alpha value is -2.63. The van der Waals surface area contributed by atoms with E-state index in [1.165, 1.54) is 6.20 Å². The molecule has 0 fully saturated rings. The van der Waals surface area contributed by atoms with Gasteiger partial charge in [0.2, 0.25) is 0 Å². The molecule has 3 rings (SSSR count). The predicted octanol–water partition coefficient (Wildman–Crippen LogP) is 1.95. The monoisotopic (exact) mass is 256 g/mol. The molecule has 1 aromatic carbocycles. The van der Waals surface area contributed by atoms with E-state index < -0.39 is 0 Å². The smallest absolute Gasteiger partial charge is 0.341 e. The maximum Gasteiger partial charge on any atom is 0.341 e.